The van der Waals surface area contributed by atoms with Gasteiger partial charge in [-0.05, 0) is 39.8 Å². The molecule has 0 spiro atoms. The highest BCUT2D eigenvalue weighted by Gasteiger charge is 2.09. The number of nitro benzene ring substituents is 1. The van der Waals surface area contributed by atoms with Crippen LogP contribution in [0.2, 0.25) is 0 Å². The number of anilines is 1. The first-order valence-corrected chi connectivity index (χ1v) is 7.14. The van der Waals surface area contributed by atoms with Gasteiger partial charge >= 0.3 is 0 Å². The van der Waals surface area contributed by atoms with Gasteiger partial charge in [-0.2, -0.15) is 0 Å². The Hall–Kier alpha value is -1.67. The highest BCUT2D eigenvalue weighted by atomic mass is 127. The number of hydrogen-bond acceptors (Lipinski definition) is 4. The van der Waals surface area contributed by atoms with Gasteiger partial charge in [-0.3, -0.25) is 10.1 Å². The van der Waals surface area contributed by atoms with Crippen LogP contribution in [0.1, 0.15) is 11.1 Å². The molecule has 0 atom stereocenters. The molecule has 3 N–H and O–H groups in total. The van der Waals surface area contributed by atoms with Crippen molar-refractivity contribution in [3.05, 3.63) is 67.3 Å². The summed E-state index contributed by atoms with van der Waals surface area (Å²) in [7, 11) is 0. The summed E-state index contributed by atoms with van der Waals surface area (Å²) < 4.78 is 0.821. The molecule has 0 heterocycles. The zero-order chi connectivity index (χ0) is 14.5. The molecule has 5 nitrogen and oxygen atoms in total. The molecular weight excluding hydrogens is 369 g/mol. The van der Waals surface area contributed by atoms with Gasteiger partial charge in [0.2, 0.25) is 0 Å². The molecule has 104 valence electrons. The highest BCUT2D eigenvalue weighted by Crippen LogP contribution is 2.24. The molecule has 0 aliphatic carbocycles. The predicted molar refractivity (Wildman–Crippen MR) is 87.5 cm³/mol. The third-order valence-electron chi connectivity index (χ3n) is 2.97. The molecule has 6 heteroatoms. The summed E-state index contributed by atoms with van der Waals surface area (Å²) in [5.74, 6) is 0. The van der Waals surface area contributed by atoms with Crippen molar-refractivity contribution in [2.24, 2.45) is 5.73 Å². The summed E-state index contributed by atoms with van der Waals surface area (Å²) in [6.07, 6.45) is 0. The molecule has 0 aliphatic rings. The first-order chi connectivity index (χ1) is 9.61. The van der Waals surface area contributed by atoms with Crippen LogP contribution in [0.4, 0.5) is 11.4 Å². The Balaban J connectivity index is 2.13. The van der Waals surface area contributed by atoms with Crippen molar-refractivity contribution in [2.75, 3.05) is 5.32 Å². The second-order valence-corrected chi connectivity index (χ2v) is 5.41. The average molecular weight is 383 g/mol. The standard InChI is InChI=1S/C14H14IN3O2/c15-13-7-12(18(19)20)5-6-14(13)17-9-11-4-2-1-3-10(11)8-16/h1-7,17H,8-9,16H2. The number of nitro groups is 1. The fourth-order valence-electron chi connectivity index (χ4n) is 1.88. The number of nitrogens with two attached hydrogens (primary N) is 1. The van der Waals surface area contributed by atoms with Crippen molar-refractivity contribution in [3.63, 3.8) is 0 Å². The summed E-state index contributed by atoms with van der Waals surface area (Å²) in [5, 5.41) is 14.0. The molecule has 2 aromatic carbocycles. The molecule has 0 aliphatic heterocycles. The van der Waals surface area contributed by atoms with Gasteiger partial charge in [-0.15, -0.1) is 0 Å². The maximum absolute atomic E-state index is 10.7. The zero-order valence-electron chi connectivity index (χ0n) is 10.7. The van der Waals surface area contributed by atoms with Gasteiger partial charge in [0.25, 0.3) is 5.69 Å². The lowest BCUT2D eigenvalue weighted by Gasteiger charge is -2.11. The van der Waals surface area contributed by atoms with Crippen LogP contribution in [0.25, 0.3) is 0 Å². The lowest BCUT2D eigenvalue weighted by atomic mass is 10.1. The van der Waals surface area contributed by atoms with E-state index in [0.29, 0.717) is 13.1 Å². The minimum atomic E-state index is -0.393. The molecule has 0 fully saturated rings. The SMILES string of the molecule is NCc1ccccc1CNc1ccc([N+](=O)[O-])cc1I. The first kappa shape index (κ1) is 14.7. The van der Waals surface area contributed by atoms with E-state index in [4.69, 9.17) is 5.73 Å². The fraction of sp³-hybridized carbons (Fsp3) is 0.143. The van der Waals surface area contributed by atoms with E-state index in [0.717, 1.165) is 20.4 Å². The van der Waals surface area contributed by atoms with E-state index in [-0.39, 0.29) is 5.69 Å². The molecule has 20 heavy (non-hydrogen) atoms. The average Bonchev–Trinajstić information content (AvgIpc) is 2.46. The number of hydrogen-bond donors (Lipinski definition) is 2. The second-order valence-electron chi connectivity index (χ2n) is 4.25. The topological polar surface area (TPSA) is 81.2 Å². The molecule has 0 amide bonds. The lowest BCUT2D eigenvalue weighted by Crippen LogP contribution is -2.07. The summed E-state index contributed by atoms with van der Waals surface area (Å²) >= 11 is 2.09. The minimum Gasteiger partial charge on any atom is -0.380 e. The van der Waals surface area contributed by atoms with Crippen LogP contribution in [0.3, 0.4) is 0 Å². The maximum atomic E-state index is 10.7. The van der Waals surface area contributed by atoms with Crippen LogP contribution in [0.5, 0.6) is 0 Å². The molecule has 2 aromatic rings. The molecule has 0 saturated carbocycles. The van der Waals surface area contributed by atoms with Gasteiger partial charge in [0.05, 0.1) is 4.92 Å². The van der Waals surface area contributed by atoms with Gasteiger partial charge in [-0.25, -0.2) is 0 Å². The van der Waals surface area contributed by atoms with E-state index >= 15 is 0 Å². The van der Waals surface area contributed by atoms with Crippen molar-refractivity contribution in [3.8, 4) is 0 Å². The summed E-state index contributed by atoms with van der Waals surface area (Å²) in [6.45, 7) is 1.14. The smallest absolute Gasteiger partial charge is 0.270 e. The van der Waals surface area contributed by atoms with Gasteiger partial charge in [0.1, 0.15) is 0 Å². The first-order valence-electron chi connectivity index (χ1n) is 6.06. The van der Waals surface area contributed by atoms with E-state index in [1.54, 1.807) is 12.1 Å². The van der Waals surface area contributed by atoms with E-state index in [1.165, 1.54) is 6.07 Å². The third-order valence-corrected chi connectivity index (χ3v) is 3.86. The zero-order valence-corrected chi connectivity index (χ0v) is 12.8. The number of nitrogens with one attached hydrogen (secondary N) is 1. The molecule has 0 aromatic heterocycles. The Labute approximate surface area is 130 Å². The van der Waals surface area contributed by atoms with Crippen LogP contribution in [0.15, 0.2) is 42.5 Å². The van der Waals surface area contributed by atoms with Crippen LogP contribution >= 0.6 is 22.6 Å². The summed E-state index contributed by atoms with van der Waals surface area (Å²) in [5.41, 5.74) is 8.90. The van der Waals surface area contributed by atoms with E-state index in [2.05, 4.69) is 27.9 Å². The van der Waals surface area contributed by atoms with Crippen LogP contribution < -0.4 is 11.1 Å². The fourth-order valence-corrected chi connectivity index (χ4v) is 2.57. The van der Waals surface area contributed by atoms with E-state index < -0.39 is 4.92 Å². The van der Waals surface area contributed by atoms with Gasteiger partial charge < -0.3 is 11.1 Å². The van der Waals surface area contributed by atoms with Crippen molar-refractivity contribution in [1.82, 2.24) is 0 Å². The van der Waals surface area contributed by atoms with Crippen LogP contribution in [0, 0.1) is 13.7 Å². The van der Waals surface area contributed by atoms with Crippen molar-refractivity contribution >= 4 is 34.0 Å². The molecule has 0 saturated heterocycles. The highest BCUT2D eigenvalue weighted by molar-refractivity contribution is 14.1. The number of benzene rings is 2. The largest absolute Gasteiger partial charge is 0.380 e. The number of nitrogens with zero attached hydrogens (tertiary/aromatic N) is 1. The lowest BCUT2D eigenvalue weighted by molar-refractivity contribution is -0.384. The van der Waals surface area contributed by atoms with Crippen LogP contribution in [-0.4, -0.2) is 4.92 Å². The number of non-ortho nitro benzene ring substituents is 1. The van der Waals surface area contributed by atoms with Crippen molar-refractivity contribution in [1.29, 1.82) is 0 Å². The quantitative estimate of drug-likeness (QED) is 0.472. The normalized spacial score (nSPS) is 10.3. The Morgan fingerprint density at radius 2 is 1.90 bits per heavy atom. The third kappa shape index (κ3) is 3.45. The molecular formula is C14H14IN3O2. The van der Waals surface area contributed by atoms with Crippen molar-refractivity contribution in [2.45, 2.75) is 13.1 Å². The predicted octanol–water partition coefficient (Wildman–Crippen LogP) is 3.27. The monoisotopic (exact) mass is 383 g/mol. The van der Waals surface area contributed by atoms with E-state index in [9.17, 15) is 10.1 Å². The number of halogens is 1. The Morgan fingerprint density at radius 3 is 2.50 bits per heavy atom. The van der Waals surface area contributed by atoms with Crippen LogP contribution in [-0.2, 0) is 13.1 Å². The van der Waals surface area contributed by atoms with Gasteiger partial charge in [0.15, 0.2) is 0 Å². The van der Waals surface area contributed by atoms with Gasteiger partial charge in [0, 0.05) is 34.5 Å². The van der Waals surface area contributed by atoms with E-state index in [1.807, 2.05) is 24.3 Å². The van der Waals surface area contributed by atoms with Gasteiger partial charge in [-0.1, -0.05) is 24.3 Å². The molecule has 0 unspecified atom stereocenters. The molecule has 0 bridgehead atoms. The minimum absolute atomic E-state index is 0.0994. The second kappa shape index (κ2) is 6.67. The summed E-state index contributed by atoms with van der Waals surface area (Å²) in [6, 6.07) is 12.7. The summed E-state index contributed by atoms with van der Waals surface area (Å²) in [4.78, 5) is 10.3. The maximum Gasteiger partial charge on any atom is 0.270 e. The van der Waals surface area contributed by atoms with Crippen molar-refractivity contribution < 1.29 is 4.92 Å². The molecule has 0 radical (unpaired) electrons. The Morgan fingerprint density at radius 1 is 1.20 bits per heavy atom. The Kier molecular flexibility index (Phi) is 4.91. The molecule has 2 rings (SSSR count). The number of rotatable bonds is 5. The Bertz CT molecular complexity index is 632.